The van der Waals surface area contributed by atoms with Crippen LogP contribution in [0.5, 0.6) is 5.75 Å². The Bertz CT molecular complexity index is 632. The molecule has 2 aliphatic rings. The summed E-state index contributed by atoms with van der Waals surface area (Å²) in [4.78, 5) is 0. The lowest BCUT2D eigenvalue weighted by molar-refractivity contribution is -0.0920. The van der Waals surface area contributed by atoms with Gasteiger partial charge in [-0.05, 0) is 30.5 Å². The van der Waals surface area contributed by atoms with Crippen LogP contribution in [0.4, 0.5) is 0 Å². The molecule has 0 spiro atoms. The fraction of sp³-hybridized carbons (Fsp3) is 0.368. The first-order valence-electron chi connectivity index (χ1n) is 7.74. The Morgan fingerprint density at radius 2 is 1.81 bits per heavy atom. The van der Waals surface area contributed by atoms with E-state index in [-0.39, 0.29) is 12.2 Å². The molecule has 2 aliphatic heterocycles. The normalized spacial score (nSPS) is 27.4. The highest BCUT2D eigenvalue weighted by Crippen LogP contribution is 2.42. The van der Waals surface area contributed by atoms with Gasteiger partial charge in [0.05, 0.1) is 12.7 Å². The second kappa shape index (κ2) is 5.19. The van der Waals surface area contributed by atoms with E-state index in [1.165, 1.54) is 16.7 Å². The van der Waals surface area contributed by atoms with E-state index in [2.05, 4.69) is 55.5 Å². The molecule has 4 rings (SSSR count). The van der Waals surface area contributed by atoms with Crippen molar-refractivity contribution in [3.05, 3.63) is 65.2 Å². The number of ether oxygens (including phenoxy) is 2. The third-order valence-corrected chi connectivity index (χ3v) is 4.68. The van der Waals surface area contributed by atoms with Crippen LogP contribution < -0.4 is 4.74 Å². The van der Waals surface area contributed by atoms with E-state index in [1.54, 1.807) is 0 Å². The average Bonchev–Trinajstić information content (AvgIpc) is 2.53. The SMILES string of the molecule is Cc1ccc([C@@H]2OCC[C@@H]3Oc4ccccc4C[C@H]32)cc1. The minimum Gasteiger partial charge on any atom is -0.490 e. The lowest BCUT2D eigenvalue weighted by Gasteiger charge is -2.42. The van der Waals surface area contributed by atoms with Crippen LogP contribution in [0.2, 0.25) is 0 Å². The Labute approximate surface area is 125 Å². The average molecular weight is 280 g/mol. The van der Waals surface area contributed by atoms with E-state index in [9.17, 15) is 0 Å². The van der Waals surface area contributed by atoms with Gasteiger partial charge in [0.1, 0.15) is 11.9 Å². The van der Waals surface area contributed by atoms with Gasteiger partial charge in [0, 0.05) is 12.3 Å². The molecule has 21 heavy (non-hydrogen) atoms. The number of rotatable bonds is 1. The predicted molar refractivity (Wildman–Crippen MR) is 82.5 cm³/mol. The van der Waals surface area contributed by atoms with Crippen molar-refractivity contribution in [2.24, 2.45) is 5.92 Å². The summed E-state index contributed by atoms with van der Waals surface area (Å²) in [6, 6.07) is 17.1. The lowest BCUT2D eigenvalue weighted by atomic mass is 9.80. The molecule has 0 bridgehead atoms. The van der Waals surface area contributed by atoms with Crippen molar-refractivity contribution in [3.63, 3.8) is 0 Å². The summed E-state index contributed by atoms with van der Waals surface area (Å²) in [5.74, 6) is 1.47. The summed E-state index contributed by atoms with van der Waals surface area (Å²) in [5, 5.41) is 0. The van der Waals surface area contributed by atoms with E-state index in [1.807, 2.05) is 0 Å². The van der Waals surface area contributed by atoms with E-state index in [0.29, 0.717) is 5.92 Å². The van der Waals surface area contributed by atoms with Gasteiger partial charge in [-0.2, -0.15) is 0 Å². The van der Waals surface area contributed by atoms with E-state index in [4.69, 9.17) is 9.47 Å². The van der Waals surface area contributed by atoms with E-state index >= 15 is 0 Å². The van der Waals surface area contributed by atoms with E-state index < -0.39 is 0 Å². The van der Waals surface area contributed by atoms with Gasteiger partial charge in [0.2, 0.25) is 0 Å². The minimum atomic E-state index is 0.151. The summed E-state index contributed by atoms with van der Waals surface area (Å²) in [7, 11) is 0. The van der Waals surface area contributed by atoms with Crippen LogP contribution in [0.3, 0.4) is 0 Å². The van der Waals surface area contributed by atoms with Crippen molar-refractivity contribution in [1.29, 1.82) is 0 Å². The predicted octanol–water partition coefficient (Wildman–Crippen LogP) is 4.08. The third-order valence-electron chi connectivity index (χ3n) is 4.68. The number of aryl methyl sites for hydroxylation is 1. The summed E-state index contributed by atoms with van der Waals surface area (Å²) in [6.07, 6.45) is 2.46. The number of benzene rings is 2. The molecular weight excluding hydrogens is 260 g/mol. The molecule has 2 heterocycles. The Balaban J connectivity index is 1.66. The third kappa shape index (κ3) is 2.34. The van der Waals surface area contributed by atoms with Crippen molar-refractivity contribution >= 4 is 0 Å². The molecule has 2 nitrogen and oxygen atoms in total. The molecule has 0 aliphatic carbocycles. The molecule has 0 radical (unpaired) electrons. The summed E-state index contributed by atoms with van der Waals surface area (Å²) in [5.41, 5.74) is 3.87. The summed E-state index contributed by atoms with van der Waals surface area (Å²) >= 11 is 0. The summed E-state index contributed by atoms with van der Waals surface area (Å²) < 4.78 is 12.3. The zero-order valence-corrected chi connectivity index (χ0v) is 12.3. The van der Waals surface area contributed by atoms with Crippen LogP contribution in [0, 0.1) is 12.8 Å². The topological polar surface area (TPSA) is 18.5 Å². The maximum Gasteiger partial charge on any atom is 0.122 e. The second-order valence-corrected chi connectivity index (χ2v) is 6.12. The standard InChI is InChI=1S/C19H20O2/c1-13-6-8-14(9-7-13)19-16-12-15-4-2-3-5-17(15)21-18(16)10-11-20-19/h2-9,16,18-19H,10-12H2,1H3/t16-,18+,19+/m1/s1. The minimum absolute atomic E-state index is 0.151. The number of fused-ring (bicyclic) bond motifs is 2. The highest BCUT2D eigenvalue weighted by molar-refractivity contribution is 5.37. The number of para-hydroxylation sites is 1. The first kappa shape index (κ1) is 12.9. The maximum absolute atomic E-state index is 6.23. The molecule has 0 unspecified atom stereocenters. The van der Waals surface area contributed by atoms with Gasteiger partial charge in [-0.25, -0.2) is 0 Å². The molecule has 0 N–H and O–H groups in total. The van der Waals surface area contributed by atoms with Crippen molar-refractivity contribution in [1.82, 2.24) is 0 Å². The van der Waals surface area contributed by atoms with Gasteiger partial charge in [-0.1, -0.05) is 48.0 Å². The van der Waals surface area contributed by atoms with Crippen molar-refractivity contribution in [2.45, 2.75) is 32.0 Å². The number of hydrogen-bond donors (Lipinski definition) is 0. The number of hydrogen-bond acceptors (Lipinski definition) is 2. The van der Waals surface area contributed by atoms with Crippen LogP contribution in [0.25, 0.3) is 0 Å². The fourth-order valence-corrected chi connectivity index (χ4v) is 3.53. The van der Waals surface area contributed by atoms with Gasteiger partial charge < -0.3 is 9.47 Å². The molecule has 3 atom stereocenters. The molecule has 108 valence electrons. The van der Waals surface area contributed by atoms with Gasteiger partial charge in [0.15, 0.2) is 0 Å². The highest BCUT2D eigenvalue weighted by atomic mass is 16.5. The van der Waals surface area contributed by atoms with Crippen LogP contribution in [0.1, 0.15) is 29.2 Å². The van der Waals surface area contributed by atoms with Crippen molar-refractivity contribution in [2.75, 3.05) is 6.61 Å². The van der Waals surface area contributed by atoms with Gasteiger partial charge in [-0.3, -0.25) is 0 Å². The molecule has 2 aromatic rings. The smallest absolute Gasteiger partial charge is 0.122 e. The lowest BCUT2D eigenvalue weighted by Crippen LogP contribution is -2.42. The van der Waals surface area contributed by atoms with Gasteiger partial charge in [0.25, 0.3) is 0 Å². The first-order valence-corrected chi connectivity index (χ1v) is 7.74. The Kier molecular flexibility index (Phi) is 3.19. The van der Waals surface area contributed by atoms with Gasteiger partial charge >= 0.3 is 0 Å². The molecule has 2 aromatic carbocycles. The van der Waals surface area contributed by atoms with Crippen LogP contribution >= 0.6 is 0 Å². The second-order valence-electron chi connectivity index (χ2n) is 6.12. The van der Waals surface area contributed by atoms with Crippen molar-refractivity contribution < 1.29 is 9.47 Å². The van der Waals surface area contributed by atoms with Crippen LogP contribution in [-0.2, 0) is 11.2 Å². The Morgan fingerprint density at radius 3 is 2.67 bits per heavy atom. The Morgan fingerprint density at radius 1 is 1.00 bits per heavy atom. The molecule has 0 amide bonds. The zero-order valence-electron chi connectivity index (χ0n) is 12.3. The highest BCUT2D eigenvalue weighted by Gasteiger charge is 2.39. The maximum atomic E-state index is 6.23. The zero-order chi connectivity index (χ0) is 14.2. The largest absolute Gasteiger partial charge is 0.490 e. The molecule has 1 saturated heterocycles. The first-order chi connectivity index (χ1) is 10.3. The monoisotopic (exact) mass is 280 g/mol. The molecule has 1 fully saturated rings. The van der Waals surface area contributed by atoms with E-state index in [0.717, 1.165) is 25.2 Å². The van der Waals surface area contributed by atoms with Crippen molar-refractivity contribution in [3.8, 4) is 5.75 Å². The molecule has 0 saturated carbocycles. The quantitative estimate of drug-likeness (QED) is 0.783. The van der Waals surface area contributed by atoms with Gasteiger partial charge in [-0.15, -0.1) is 0 Å². The van der Waals surface area contributed by atoms with Crippen LogP contribution in [0.15, 0.2) is 48.5 Å². The molecule has 2 heteroatoms. The molecular formula is C19H20O2. The summed E-state index contributed by atoms with van der Waals surface area (Å²) in [6.45, 7) is 2.90. The fourth-order valence-electron chi connectivity index (χ4n) is 3.53. The Hall–Kier alpha value is -1.80. The molecule has 0 aromatic heterocycles. The van der Waals surface area contributed by atoms with Crippen LogP contribution in [-0.4, -0.2) is 12.7 Å².